The summed E-state index contributed by atoms with van der Waals surface area (Å²) in [6, 6.07) is 0. The van der Waals surface area contributed by atoms with Gasteiger partial charge in [-0.1, -0.05) is 0 Å². The van der Waals surface area contributed by atoms with E-state index in [0.29, 0.717) is 6.42 Å². The van der Waals surface area contributed by atoms with Crippen molar-refractivity contribution in [3.63, 3.8) is 0 Å². The van der Waals surface area contributed by atoms with E-state index in [1.54, 1.807) is 11.3 Å². The molecule has 0 bridgehead atoms. The maximum atomic E-state index is 10.4. The highest BCUT2D eigenvalue weighted by atomic mass is 35.5. The lowest BCUT2D eigenvalue weighted by atomic mass is 10.1. The van der Waals surface area contributed by atoms with E-state index in [4.69, 9.17) is 11.6 Å². The molecular formula is C8H9ClOS. The Morgan fingerprint density at radius 3 is 2.82 bits per heavy atom. The van der Waals surface area contributed by atoms with Gasteiger partial charge in [0.25, 0.3) is 0 Å². The van der Waals surface area contributed by atoms with Crippen LogP contribution in [-0.4, -0.2) is 5.24 Å². The number of thiophene rings is 1. The highest BCUT2D eigenvalue weighted by Crippen LogP contribution is 2.15. The topological polar surface area (TPSA) is 17.1 Å². The van der Waals surface area contributed by atoms with Gasteiger partial charge in [0.2, 0.25) is 5.24 Å². The summed E-state index contributed by atoms with van der Waals surface area (Å²) in [6.07, 6.45) is 1.22. The smallest absolute Gasteiger partial charge is 0.221 e. The van der Waals surface area contributed by atoms with Gasteiger partial charge in [0.15, 0.2) is 0 Å². The number of hydrogen-bond acceptors (Lipinski definition) is 2. The van der Waals surface area contributed by atoms with Crippen molar-refractivity contribution in [2.45, 2.75) is 19.8 Å². The van der Waals surface area contributed by atoms with E-state index in [2.05, 4.69) is 10.8 Å². The largest absolute Gasteiger partial charge is 0.281 e. The van der Waals surface area contributed by atoms with E-state index in [0.717, 1.165) is 6.42 Å². The lowest BCUT2D eigenvalue weighted by molar-refractivity contribution is -0.111. The lowest BCUT2D eigenvalue weighted by Gasteiger charge is -1.94. The third-order valence-electron chi connectivity index (χ3n) is 1.55. The first-order valence-electron chi connectivity index (χ1n) is 3.40. The Kier molecular flexibility index (Phi) is 3.09. The Hall–Kier alpha value is -0.340. The number of carbonyl (C=O) groups excluding carboxylic acids is 1. The summed E-state index contributed by atoms with van der Waals surface area (Å²) in [7, 11) is 0. The van der Waals surface area contributed by atoms with Crippen LogP contribution in [0.2, 0.25) is 0 Å². The van der Waals surface area contributed by atoms with Gasteiger partial charge in [0, 0.05) is 6.42 Å². The SMILES string of the molecule is Cc1cscc1CCC(=O)Cl. The maximum absolute atomic E-state index is 10.4. The van der Waals surface area contributed by atoms with Crippen LogP contribution in [0.25, 0.3) is 0 Å². The molecule has 0 saturated heterocycles. The van der Waals surface area contributed by atoms with E-state index in [9.17, 15) is 4.79 Å². The standard InChI is InChI=1S/C8H9ClOS/c1-6-4-11-5-7(6)2-3-8(9)10/h4-5H,2-3H2,1H3. The lowest BCUT2D eigenvalue weighted by Crippen LogP contribution is -1.90. The predicted octanol–water partition coefficient (Wildman–Crippen LogP) is 2.75. The van der Waals surface area contributed by atoms with E-state index in [-0.39, 0.29) is 5.24 Å². The fraction of sp³-hybridized carbons (Fsp3) is 0.375. The van der Waals surface area contributed by atoms with Gasteiger partial charge in [-0.25, -0.2) is 0 Å². The van der Waals surface area contributed by atoms with Gasteiger partial charge in [-0.15, -0.1) is 0 Å². The van der Waals surface area contributed by atoms with Crippen molar-refractivity contribution in [2.24, 2.45) is 0 Å². The van der Waals surface area contributed by atoms with Gasteiger partial charge in [0.05, 0.1) is 0 Å². The molecule has 3 heteroatoms. The van der Waals surface area contributed by atoms with Crippen molar-refractivity contribution >= 4 is 28.2 Å². The quantitative estimate of drug-likeness (QED) is 0.667. The zero-order chi connectivity index (χ0) is 8.27. The first-order valence-corrected chi connectivity index (χ1v) is 4.72. The fourth-order valence-corrected chi connectivity index (χ4v) is 1.86. The fourth-order valence-electron chi connectivity index (χ4n) is 0.876. The summed E-state index contributed by atoms with van der Waals surface area (Å²) >= 11 is 6.88. The number of halogens is 1. The summed E-state index contributed by atoms with van der Waals surface area (Å²) in [6.45, 7) is 2.05. The molecule has 11 heavy (non-hydrogen) atoms. The second-order valence-electron chi connectivity index (χ2n) is 2.44. The minimum Gasteiger partial charge on any atom is -0.281 e. The summed E-state index contributed by atoms with van der Waals surface area (Å²) in [5.74, 6) is 0. The normalized spacial score (nSPS) is 10.0. The minimum atomic E-state index is -0.254. The molecule has 0 fully saturated rings. The molecule has 1 rings (SSSR count). The number of carbonyl (C=O) groups is 1. The van der Waals surface area contributed by atoms with Crippen LogP contribution < -0.4 is 0 Å². The van der Waals surface area contributed by atoms with Crippen molar-refractivity contribution in [1.82, 2.24) is 0 Å². The van der Waals surface area contributed by atoms with Gasteiger partial charge in [0.1, 0.15) is 0 Å². The number of rotatable bonds is 3. The van der Waals surface area contributed by atoms with Crippen molar-refractivity contribution in [3.05, 3.63) is 21.9 Å². The average molecular weight is 189 g/mol. The minimum absolute atomic E-state index is 0.254. The third-order valence-corrected chi connectivity index (χ3v) is 2.65. The van der Waals surface area contributed by atoms with Gasteiger partial charge < -0.3 is 0 Å². The number of aryl methyl sites for hydroxylation is 2. The Labute approximate surface area is 75.0 Å². The van der Waals surface area contributed by atoms with Crippen LogP contribution in [0.15, 0.2) is 10.8 Å². The molecule has 60 valence electrons. The van der Waals surface area contributed by atoms with Crippen LogP contribution in [0.4, 0.5) is 0 Å². The third kappa shape index (κ3) is 2.64. The Bertz CT molecular complexity index is 254. The predicted molar refractivity (Wildman–Crippen MR) is 48.2 cm³/mol. The molecule has 0 radical (unpaired) electrons. The first-order chi connectivity index (χ1) is 5.20. The molecule has 1 aromatic rings. The molecule has 0 N–H and O–H groups in total. The molecule has 0 aliphatic heterocycles. The Morgan fingerprint density at radius 1 is 1.64 bits per heavy atom. The molecule has 1 heterocycles. The summed E-state index contributed by atoms with van der Waals surface area (Å²) < 4.78 is 0. The Balaban J connectivity index is 2.51. The molecule has 0 unspecified atom stereocenters. The average Bonchev–Trinajstić information content (AvgIpc) is 2.31. The molecule has 0 aliphatic rings. The summed E-state index contributed by atoms with van der Waals surface area (Å²) in [5, 5.41) is 3.89. The summed E-state index contributed by atoms with van der Waals surface area (Å²) in [4.78, 5) is 10.4. The first kappa shape index (κ1) is 8.75. The van der Waals surface area contributed by atoms with Crippen LogP contribution in [0, 0.1) is 6.92 Å². The van der Waals surface area contributed by atoms with E-state index in [1.807, 2.05) is 6.92 Å². The van der Waals surface area contributed by atoms with Crippen LogP contribution in [0.1, 0.15) is 17.5 Å². The second kappa shape index (κ2) is 3.88. The monoisotopic (exact) mass is 188 g/mol. The maximum Gasteiger partial charge on any atom is 0.221 e. The zero-order valence-corrected chi connectivity index (χ0v) is 7.84. The Morgan fingerprint density at radius 2 is 2.36 bits per heavy atom. The van der Waals surface area contributed by atoms with Crippen LogP contribution in [0.3, 0.4) is 0 Å². The van der Waals surface area contributed by atoms with Gasteiger partial charge in [-0.2, -0.15) is 11.3 Å². The van der Waals surface area contributed by atoms with Gasteiger partial charge in [-0.3, -0.25) is 4.79 Å². The van der Waals surface area contributed by atoms with E-state index >= 15 is 0 Å². The van der Waals surface area contributed by atoms with Crippen LogP contribution in [0.5, 0.6) is 0 Å². The van der Waals surface area contributed by atoms with Crippen molar-refractivity contribution in [2.75, 3.05) is 0 Å². The molecule has 0 atom stereocenters. The molecular weight excluding hydrogens is 180 g/mol. The second-order valence-corrected chi connectivity index (χ2v) is 3.60. The van der Waals surface area contributed by atoms with E-state index in [1.165, 1.54) is 11.1 Å². The zero-order valence-electron chi connectivity index (χ0n) is 6.26. The van der Waals surface area contributed by atoms with E-state index < -0.39 is 0 Å². The van der Waals surface area contributed by atoms with Gasteiger partial charge >= 0.3 is 0 Å². The van der Waals surface area contributed by atoms with Crippen molar-refractivity contribution in [1.29, 1.82) is 0 Å². The molecule has 1 nitrogen and oxygen atoms in total. The number of hydrogen-bond donors (Lipinski definition) is 0. The molecule has 0 spiro atoms. The molecule has 0 amide bonds. The van der Waals surface area contributed by atoms with Gasteiger partial charge in [-0.05, 0) is 46.8 Å². The molecule has 0 saturated carbocycles. The highest BCUT2D eigenvalue weighted by molar-refractivity contribution is 7.08. The molecule has 1 aromatic heterocycles. The van der Waals surface area contributed by atoms with Crippen molar-refractivity contribution < 1.29 is 4.79 Å². The molecule has 0 aromatic carbocycles. The summed E-state index contributed by atoms with van der Waals surface area (Å²) in [5.41, 5.74) is 2.50. The molecule has 0 aliphatic carbocycles. The van der Waals surface area contributed by atoms with Crippen molar-refractivity contribution in [3.8, 4) is 0 Å². The van der Waals surface area contributed by atoms with Crippen LogP contribution in [-0.2, 0) is 11.2 Å². The highest BCUT2D eigenvalue weighted by Gasteiger charge is 2.01. The van der Waals surface area contributed by atoms with Crippen LogP contribution >= 0.6 is 22.9 Å².